The van der Waals surface area contributed by atoms with Crippen molar-refractivity contribution in [1.82, 2.24) is 0 Å². The molecule has 0 radical (unpaired) electrons. The van der Waals surface area contributed by atoms with Crippen LogP contribution in [0.2, 0.25) is 0 Å². The van der Waals surface area contributed by atoms with E-state index in [2.05, 4.69) is 45.1 Å². The first kappa shape index (κ1) is 72.4. The summed E-state index contributed by atoms with van der Waals surface area (Å²) in [6.45, 7) is 7.81. The summed E-state index contributed by atoms with van der Waals surface area (Å²) in [6.07, 6.45) is 81.1. The molecule has 0 spiro atoms. The van der Waals surface area contributed by atoms with E-state index in [1.807, 2.05) is 0 Å². The number of hydrogen-bond donors (Lipinski definition) is 0. The van der Waals surface area contributed by atoms with Gasteiger partial charge >= 0.3 is 11.9 Å². The van der Waals surface area contributed by atoms with E-state index in [0.29, 0.717) is 19.4 Å². The summed E-state index contributed by atoms with van der Waals surface area (Å²) in [4.78, 5) is 25.5. The number of esters is 2. The van der Waals surface area contributed by atoms with Gasteiger partial charge in [0, 0.05) is 19.4 Å². The van der Waals surface area contributed by atoms with Crippen LogP contribution in [0.1, 0.15) is 380 Å². The van der Waals surface area contributed by atoms with Crippen LogP contribution in [0.5, 0.6) is 0 Å². The molecule has 0 aromatic rings. The van der Waals surface area contributed by atoms with Crippen LogP contribution in [0.25, 0.3) is 0 Å². The van der Waals surface area contributed by atoms with Gasteiger partial charge in [0.1, 0.15) is 19.3 Å². The molecular weight excluding hydrogens is 909 g/mol. The summed E-state index contributed by atoms with van der Waals surface area (Å²) >= 11 is 0. The third-order valence-electron chi connectivity index (χ3n) is 15.5. The molecule has 0 aliphatic heterocycles. The second-order valence-corrected chi connectivity index (χ2v) is 23.1. The molecule has 0 aliphatic carbocycles. The van der Waals surface area contributed by atoms with Crippen LogP contribution in [0.3, 0.4) is 0 Å². The van der Waals surface area contributed by atoms with Crippen molar-refractivity contribution in [3.8, 4) is 0 Å². The topological polar surface area (TPSA) is 61.8 Å². The highest BCUT2D eigenvalue weighted by molar-refractivity contribution is 5.69. The van der Waals surface area contributed by atoms with Gasteiger partial charge in [-0.25, -0.2) is 0 Å². The molecule has 0 rings (SSSR count). The Kier molecular flexibility index (Phi) is 64.2. The normalized spacial score (nSPS) is 11.8. The maximum Gasteiger partial charge on any atom is 0.305 e. The maximum absolute atomic E-state index is 12.7. The lowest BCUT2D eigenvalue weighted by molar-refractivity contribution is -0.155. The SMILES string of the molecule is CCCCCCCC/C=C\CCCCCCCCCCCCCC(=O)OCC(COC(=O)CCCCCCCCCCCCC/C=C\CCCCCCCC)OCCCCCCCCCCCCCCCCCC. The standard InChI is InChI=1S/C69H132O5/c1-4-7-10-13-16-19-22-25-28-31-33-35-37-39-41-44-47-50-53-56-59-62-68(70)73-65-67(72-64-61-58-55-52-49-46-43-30-27-24-21-18-15-12-9-6-3)66-74-69(71)63-60-57-54-51-48-45-42-40-38-36-34-32-29-26-23-20-17-14-11-8-5-2/h25-26,28-29,67H,4-24,27,30-66H2,1-3H3/b28-25-,29-26-. The monoisotopic (exact) mass is 1040 g/mol. The van der Waals surface area contributed by atoms with Crippen molar-refractivity contribution in [2.45, 2.75) is 386 Å². The number of allylic oxidation sites excluding steroid dienone is 4. The van der Waals surface area contributed by atoms with Crippen LogP contribution in [0, 0.1) is 0 Å². The van der Waals surface area contributed by atoms with Crippen molar-refractivity contribution in [2.75, 3.05) is 19.8 Å². The first-order valence-corrected chi connectivity index (χ1v) is 33.9. The molecule has 438 valence electrons. The lowest BCUT2D eigenvalue weighted by Gasteiger charge is -2.18. The molecule has 0 saturated heterocycles. The van der Waals surface area contributed by atoms with Gasteiger partial charge in [0.15, 0.2) is 0 Å². The van der Waals surface area contributed by atoms with Gasteiger partial charge in [-0.1, -0.05) is 321 Å². The van der Waals surface area contributed by atoms with E-state index in [1.54, 1.807) is 0 Å². The highest BCUT2D eigenvalue weighted by atomic mass is 16.6. The number of hydrogen-bond acceptors (Lipinski definition) is 5. The van der Waals surface area contributed by atoms with Crippen molar-refractivity contribution in [3.63, 3.8) is 0 Å². The van der Waals surface area contributed by atoms with Gasteiger partial charge in [-0.2, -0.15) is 0 Å². The summed E-state index contributed by atoms with van der Waals surface area (Å²) in [5.41, 5.74) is 0. The van der Waals surface area contributed by atoms with E-state index in [0.717, 1.165) is 38.5 Å². The van der Waals surface area contributed by atoms with Crippen molar-refractivity contribution < 1.29 is 23.8 Å². The molecule has 0 aliphatic rings. The summed E-state index contributed by atoms with van der Waals surface area (Å²) in [6, 6.07) is 0. The zero-order valence-corrected chi connectivity index (χ0v) is 50.6. The van der Waals surface area contributed by atoms with E-state index in [1.165, 1.54) is 308 Å². The zero-order chi connectivity index (χ0) is 53.4. The molecule has 74 heavy (non-hydrogen) atoms. The summed E-state index contributed by atoms with van der Waals surface area (Å²) in [7, 11) is 0. The quantitative estimate of drug-likeness (QED) is 0.0345. The summed E-state index contributed by atoms with van der Waals surface area (Å²) in [5, 5.41) is 0. The van der Waals surface area contributed by atoms with Crippen molar-refractivity contribution in [3.05, 3.63) is 24.3 Å². The number of rotatable bonds is 64. The van der Waals surface area contributed by atoms with Gasteiger partial charge < -0.3 is 14.2 Å². The molecule has 5 nitrogen and oxygen atoms in total. The van der Waals surface area contributed by atoms with Crippen molar-refractivity contribution in [2.24, 2.45) is 0 Å². The molecule has 0 heterocycles. The molecular formula is C69H132O5. The van der Waals surface area contributed by atoms with Gasteiger partial charge in [-0.3, -0.25) is 9.59 Å². The Morgan fingerprint density at radius 2 is 0.473 bits per heavy atom. The molecule has 0 atom stereocenters. The van der Waals surface area contributed by atoms with Gasteiger partial charge in [0.05, 0.1) is 0 Å². The highest BCUT2D eigenvalue weighted by Gasteiger charge is 2.16. The van der Waals surface area contributed by atoms with E-state index in [9.17, 15) is 9.59 Å². The van der Waals surface area contributed by atoms with Crippen LogP contribution in [-0.2, 0) is 23.8 Å². The Morgan fingerprint density at radius 3 is 0.716 bits per heavy atom. The first-order chi connectivity index (χ1) is 36.6. The second kappa shape index (κ2) is 65.7. The minimum Gasteiger partial charge on any atom is -0.463 e. The van der Waals surface area contributed by atoms with Crippen LogP contribution >= 0.6 is 0 Å². The molecule has 0 fully saturated rings. The average molecular weight is 1040 g/mol. The average Bonchev–Trinajstić information content (AvgIpc) is 3.40. The van der Waals surface area contributed by atoms with Gasteiger partial charge in [-0.05, 0) is 70.6 Å². The number of ether oxygens (including phenoxy) is 3. The van der Waals surface area contributed by atoms with Crippen LogP contribution < -0.4 is 0 Å². The summed E-state index contributed by atoms with van der Waals surface area (Å²) in [5.74, 6) is -0.309. The fourth-order valence-electron chi connectivity index (χ4n) is 10.4. The minimum atomic E-state index is -0.396. The minimum absolute atomic E-state index is 0.155. The molecule has 0 bridgehead atoms. The number of unbranched alkanes of at least 4 members (excludes halogenated alkanes) is 49. The molecule has 0 amide bonds. The van der Waals surface area contributed by atoms with E-state index in [-0.39, 0.29) is 25.2 Å². The molecule has 5 heteroatoms. The van der Waals surface area contributed by atoms with Gasteiger partial charge in [-0.15, -0.1) is 0 Å². The maximum atomic E-state index is 12.7. The molecule has 0 aromatic heterocycles. The molecule has 0 unspecified atom stereocenters. The number of carbonyl (C=O) groups is 2. The van der Waals surface area contributed by atoms with Crippen LogP contribution in [0.15, 0.2) is 24.3 Å². The fraction of sp³-hybridized carbons (Fsp3) is 0.913. The van der Waals surface area contributed by atoms with Crippen LogP contribution in [-0.4, -0.2) is 37.9 Å². The van der Waals surface area contributed by atoms with E-state index in [4.69, 9.17) is 14.2 Å². The molecule has 0 saturated carbocycles. The van der Waals surface area contributed by atoms with E-state index >= 15 is 0 Å². The zero-order valence-electron chi connectivity index (χ0n) is 50.6. The lowest BCUT2D eigenvalue weighted by atomic mass is 10.0. The smallest absolute Gasteiger partial charge is 0.305 e. The predicted molar refractivity (Wildman–Crippen MR) is 326 cm³/mol. The fourth-order valence-corrected chi connectivity index (χ4v) is 10.4. The van der Waals surface area contributed by atoms with Gasteiger partial charge in [0.25, 0.3) is 0 Å². The second-order valence-electron chi connectivity index (χ2n) is 23.1. The largest absolute Gasteiger partial charge is 0.463 e. The Labute approximate surface area is 464 Å². The first-order valence-electron chi connectivity index (χ1n) is 33.9. The highest BCUT2D eigenvalue weighted by Crippen LogP contribution is 2.18. The lowest BCUT2D eigenvalue weighted by Crippen LogP contribution is -2.29. The Morgan fingerprint density at radius 1 is 0.270 bits per heavy atom. The Hall–Kier alpha value is -1.62. The van der Waals surface area contributed by atoms with Crippen molar-refractivity contribution in [1.29, 1.82) is 0 Å². The predicted octanol–water partition coefficient (Wildman–Crippen LogP) is 23.5. The number of carbonyl (C=O) groups excluding carboxylic acids is 2. The molecule has 0 aromatic carbocycles. The Bertz CT molecular complexity index is 1060. The molecule has 0 N–H and O–H groups in total. The Balaban J connectivity index is 4.18. The third kappa shape index (κ3) is 62.9. The third-order valence-corrected chi connectivity index (χ3v) is 15.5. The van der Waals surface area contributed by atoms with Gasteiger partial charge in [0.2, 0.25) is 0 Å². The van der Waals surface area contributed by atoms with Crippen molar-refractivity contribution >= 4 is 11.9 Å². The van der Waals surface area contributed by atoms with Crippen LogP contribution in [0.4, 0.5) is 0 Å². The van der Waals surface area contributed by atoms with E-state index < -0.39 is 6.10 Å². The summed E-state index contributed by atoms with van der Waals surface area (Å²) < 4.78 is 17.6.